The van der Waals surface area contributed by atoms with Crippen molar-refractivity contribution in [2.24, 2.45) is 0 Å². The van der Waals surface area contributed by atoms with Gasteiger partial charge in [-0.3, -0.25) is 4.79 Å². The molecule has 114 valence electrons. The summed E-state index contributed by atoms with van der Waals surface area (Å²) in [4.78, 5) is 10.9. The number of carboxylic acid groups (broad SMARTS) is 1. The van der Waals surface area contributed by atoms with E-state index in [9.17, 15) is 21.6 Å². The molecule has 0 aromatic carbocycles. The summed E-state index contributed by atoms with van der Waals surface area (Å²) in [6, 6.07) is 2.70. The van der Waals surface area contributed by atoms with E-state index in [1.54, 1.807) is 0 Å². The average Bonchev–Trinajstić information content (AvgIpc) is 2.77. The van der Waals surface area contributed by atoms with Crippen LogP contribution in [0.25, 0.3) is 0 Å². The van der Waals surface area contributed by atoms with Crippen LogP contribution in [0, 0.1) is 0 Å². The molecule has 0 fully saturated rings. The van der Waals surface area contributed by atoms with E-state index in [0.29, 0.717) is 4.88 Å². The number of thiophene rings is 1. The van der Waals surface area contributed by atoms with Gasteiger partial charge in [-0.2, -0.15) is 0 Å². The van der Waals surface area contributed by atoms with Gasteiger partial charge in [0.05, 0.1) is 12.2 Å². The van der Waals surface area contributed by atoms with E-state index in [1.165, 1.54) is 19.2 Å². The van der Waals surface area contributed by atoms with Crippen molar-refractivity contribution >= 4 is 37.4 Å². The van der Waals surface area contributed by atoms with Gasteiger partial charge in [0.25, 0.3) is 0 Å². The molecule has 3 N–H and O–H groups in total. The first kappa shape index (κ1) is 17.0. The number of nitrogens with one attached hydrogen (secondary N) is 2. The smallest absolute Gasteiger partial charge is 0.308 e. The lowest BCUT2D eigenvalue weighted by atomic mass is 10.3. The van der Waals surface area contributed by atoms with Gasteiger partial charge in [-0.25, -0.2) is 26.3 Å². The Morgan fingerprint density at radius 1 is 1.30 bits per heavy atom. The number of carbonyl (C=O) groups is 1. The highest BCUT2D eigenvalue weighted by Crippen LogP contribution is 2.21. The second-order valence-corrected chi connectivity index (χ2v) is 8.92. The Balaban J connectivity index is 2.69. The summed E-state index contributed by atoms with van der Waals surface area (Å²) >= 11 is 0.835. The summed E-state index contributed by atoms with van der Waals surface area (Å²) in [6.45, 7) is -0.266. The van der Waals surface area contributed by atoms with E-state index in [0.717, 1.165) is 11.3 Å². The van der Waals surface area contributed by atoms with E-state index in [-0.39, 0.29) is 22.9 Å². The van der Waals surface area contributed by atoms with E-state index in [4.69, 9.17) is 5.11 Å². The van der Waals surface area contributed by atoms with Crippen molar-refractivity contribution in [2.75, 3.05) is 19.3 Å². The van der Waals surface area contributed by atoms with Gasteiger partial charge in [0.2, 0.25) is 20.0 Å². The molecule has 0 saturated heterocycles. The molecule has 0 unspecified atom stereocenters. The van der Waals surface area contributed by atoms with Crippen LogP contribution in [0.5, 0.6) is 0 Å². The molecule has 1 aromatic heterocycles. The molecule has 0 aliphatic rings. The summed E-state index contributed by atoms with van der Waals surface area (Å²) in [5.41, 5.74) is 0. The normalized spacial score (nSPS) is 12.4. The van der Waals surface area contributed by atoms with E-state index in [1.807, 2.05) is 0 Å². The van der Waals surface area contributed by atoms with Gasteiger partial charge in [-0.15, -0.1) is 11.3 Å². The molecule has 0 atom stereocenters. The Morgan fingerprint density at radius 2 is 1.95 bits per heavy atom. The summed E-state index contributed by atoms with van der Waals surface area (Å²) in [6.07, 6.45) is -0.256. The second-order valence-electron chi connectivity index (χ2n) is 3.71. The molecule has 0 radical (unpaired) electrons. The fraction of sp³-hybridized carbons (Fsp3) is 0.444. The predicted octanol–water partition coefficient (Wildman–Crippen LogP) is -0.797. The number of aliphatic carboxylic acids is 1. The molecule has 0 aliphatic heterocycles. The largest absolute Gasteiger partial charge is 0.481 e. The molecule has 1 heterocycles. The molecule has 1 rings (SSSR count). The molecule has 0 aliphatic carbocycles. The second kappa shape index (κ2) is 6.63. The maximum absolute atomic E-state index is 11.8. The summed E-state index contributed by atoms with van der Waals surface area (Å²) in [7, 11) is -6.07. The van der Waals surface area contributed by atoms with E-state index in [2.05, 4.69) is 9.44 Å². The first-order valence-corrected chi connectivity index (χ1v) is 9.33. The standard InChI is InChI=1S/C9H14N2O6S3/c1-10-19(14,15)5-4-11-20(16,17)9-3-2-7(18-9)6-8(12)13/h2-3,10-11H,4-6H2,1H3,(H,12,13). The number of sulfonamides is 2. The quantitative estimate of drug-likeness (QED) is 0.567. The van der Waals surface area contributed by atoms with Crippen molar-refractivity contribution in [1.82, 2.24) is 9.44 Å². The Kier molecular flexibility index (Phi) is 5.65. The maximum atomic E-state index is 11.8. The third-order valence-electron chi connectivity index (χ3n) is 2.20. The molecule has 0 saturated carbocycles. The third-order valence-corrected chi connectivity index (χ3v) is 6.60. The van der Waals surface area contributed by atoms with Gasteiger partial charge in [-0.1, -0.05) is 0 Å². The van der Waals surface area contributed by atoms with Crippen LogP contribution in [0.2, 0.25) is 0 Å². The molecule has 20 heavy (non-hydrogen) atoms. The molecule has 0 amide bonds. The van der Waals surface area contributed by atoms with Crippen LogP contribution < -0.4 is 9.44 Å². The monoisotopic (exact) mass is 342 g/mol. The van der Waals surface area contributed by atoms with Crippen LogP contribution in [0.4, 0.5) is 0 Å². The summed E-state index contributed by atoms with van der Waals surface area (Å²) in [5, 5.41) is 8.61. The number of hydrogen-bond acceptors (Lipinski definition) is 6. The van der Waals surface area contributed by atoms with Crippen LogP contribution >= 0.6 is 11.3 Å². The zero-order valence-electron chi connectivity index (χ0n) is 10.5. The molecule has 0 bridgehead atoms. The first-order valence-electron chi connectivity index (χ1n) is 5.38. The van der Waals surface area contributed by atoms with E-state index >= 15 is 0 Å². The van der Waals surface area contributed by atoms with Crippen LogP contribution in [0.3, 0.4) is 0 Å². The predicted molar refractivity (Wildman–Crippen MR) is 73.7 cm³/mol. The zero-order valence-corrected chi connectivity index (χ0v) is 12.9. The fourth-order valence-electron chi connectivity index (χ4n) is 1.23. The van der Waals surface area contributed by atoms with Crippen molar-refractivity contribution in [3.63, 3.8) is 0 Å². The van der Waals surface area contributed by atoms with Crippen molar-refractivity contribution in [1.29, 1.82) is 0 Å². The Labute approximate surface area is 120 Å². The average molecular weight is 342 g/mol. The highest BCUT2D eigenvalue weighted by molar-refractivity contribution is 7.92. The minimum atomic E-state index is -3.82. The van der Waals surface area contributed by atoms with Gasteiger partial charge in [-0.05, 0) is 19.2 Å². The lowest BCUT2D eigenvalue weighted by Crippen LogP contribution is -2.32. The third kappa shape index (κ3) is 5.17. The molecule has 8 nitrogen and oxygen atoms in total. The van der Waals surface area contributed by atoms with Crippen molar-refractivity contribution < 1.29 is 26.7 Å². The van der Waals surface area contributed by atoms with Gasteiger partial charge < -0.3 is 5.11 Å². The molecule has 1 aromatic rings. The zero-order chi connectivity index (χ0) is 15.4. The van der Waals surface area contributed by atoms with Gasteiger partial charge in [0.15, 0.2) is 0 Å². The Morgan fingerprint density at radius 3 is 2.50 bits per heavy atom. The fourth-order valence-corrected chi connectivity index (χ4v) is 4.36. The summed E-state index contributed by atoms with van der Waals surface area (Å²) < 4.78 is 50.1. The van der Waals surface area contributed by atoms with Gasteiger partial charge in [0, 0.05) is 11.4 Å². The Hall–Kier alpha value is -1.01. The number of rotatable bonds is 8. The van der Waals surface area contributed by atoms with Crippen LogP contribution in [0.1, 0.15) is 4.88 Å². The minimum absolute atomic E-state index is 0.0457. The van der Waals surface area contributed by atoms with Crippen molar-refractivity contribution in [2.45, 2.75) is 10.6 Å². The molecular weight excluding hydrogens is 328 g/mol. The van der Waals surface area contributed by atoms with Crippen LogP contribution in [-0.4, -0.2) is 47.3 Å². The molecular formula is C9H14N2O6S3. The minimum Gasteiger partial charge on any atom is -0.481 e. The van der Waals surface area contributed by atoms with Gasteiger partial charge in [0.1, 0.15) is 4.21 Å². The first-order chi connectivity index (χ1) is 9.16. The summed E-state index contributed by atoms with van der Waals surface area (Å²) in [5.74, 6) is -1.43. The number of carboxylic acids is 1. The molecule has 0 spiro atoms. The lowest BCUT2D eigenvalue weighted by Gasteiger charge is -2.05. The maximum Gasteiger partial charge on any atom is 0.308 e. The number of hydrogen-bond donors (Lipinski definition) is 3. The highest BCUT2D eigenvalue weighted by atomic mass is 32.2. The SMILES string of the molecule is CNS(=O)(=O)CCNS(=O)(=O)c1ccc(CC(=O)O)s1. The van der Waals surface area contributed by atoms with Crippen molar-refractivity contribution in [3.8, 4) is 0 Å². The lowest BCUT2D eigenvalue weighted by molar-refractivity contribution is -0.136. The highest BCUT2D eigenvalue weighted by Gasteiger charge is 2.18. The molecule has 11 heteroatoms. The van der Waals surface area contributed by atoms with E-state index < -0.39 is 26.0 Å². The van der Waals surface area contributed by atoms with Crippen molar-refractivity contribution in [3.05, 3.63) is 17.0 Å². The topological polar surface area (TPSA) is 130 Å². The van der Waals surface area contributed by atoms with Crippen LogP contribution in [-0.2, 0) is 31.3 Å². The Bertz CT molecular complexity index is 676. The van der Waals surface area contributed by atoms with Crippen LogP contribution in [0.15, 0.2) is 16.3 Å². The van der Waals surface area contributed by atoms with Gasteiger partial charge >= 0.3 is 5.97 Å².